The zero-order valence-corrected chi connectivity index (χ0v) is 9.63. The number of carbonyl (C=O) groups is 1. The Hall–Kier alpha value is -2.63. The highest BCUT2D eigenvalue weighted by Crippen LogP contribution is 2.13. The second-order valence-corrected chi connectivity index (χ2v) is 3.79. The number of hydrogen-bond acceptors (Lipinski definition) is 5. The Morgan fingerprint density at radius 2 is 1.94 bits per heavy atom. The molecule has 2 aromatic rings. The minimum Gasteiger partial charge on any atom is -0.399 e. The van der Waals surface area contributed by atoms with Crippen LogP contribution in [0.15, 0.2) is 36.5 Å². The van der Waals surface area contributed by atoms with E-state index >= 15 is 0 Å². The third kappa shape index (κ3) is 2.94. The molecule has 0 radical (unpaired) electrons. The summed E-state index contributed by atoms with van der Waals surface area (Å²) in [4.78, 5) is 11.9. The van der Waals surface area contributed by atoms with Crippen molar-refractivity contribution in [1.82, 2.24) is 15.5 Å². The normalized spacial score (nSPS) is 10.0. The summed E-state index contributed by atoms with van der Waals surface area (Å²) in [5.41, 5.74) is 13.3. The number of nitrogens with zero attached hydrogens (tertiary/aromatic N) is 2. The fraction of sp³-hybridized carbons (Fsp3) is 0.0833. The van der Waals surface area contributed by atoms with Crippen LogP contribution in [0.25, 0.3) is 0 Å². The van der Waals surface area contributed by atoms with E-state index < -0.39 is 0 Å². The molecule has 0 aliphatic heterocycles. The highest BCUT2D eigenvalue weighted by Gasteiger charge is 2.07. The molecule has 6 nitrogen and oxygen atoms in total. The largest absolute Gasteiger partial charge is 0.399 e. The van der Waals surface area contributed by atoms with E-state index in [1.807, 2.05) is 0 Å². The zero-order valence-electron chi connectivity index (χ0n) is 9.63. The SMILES string of the molecule is Nc1cc(N)cc(C(=O)NCc2cccnn2)c1. The zero-order chi connectivity index (χ0) is 13.0. The van der Waals surface area contributed by atoms with Crippen molar-refractivity contribution in [2.45, 2.75) is 6.54 Å². The van der Waals surface area contributed by atoms with Gasteiger partial charge in [0, 0.05) is 23.1 Å². The molecule has 6 heteroatoms. The smallest absolute Gasteiger partial charge is 0.251 e. The summed E-state index contributed by atoms with van der Waals surface area (Å²) in [6, 6.07) is 8.28. The van der Waals surface area contributed by atoms with Crippen LogP contribution in [0.3, 0.4) is 0 Å². The van der Waals surface area contributed by atoms with Gasteiger partial charge in [0.05, 0.1) is 12.2 Å². The van der Waals surface area contributed by atoms with Gasteiger partial charge in [-0.25, -0.2) is 0 Å². The molecule has 0 aliphatic rings. The monoisotopic (exact) mass is 243 g/mol. The maximum Gasteiger partial charge on any atom is 0.251 e. The van der Waals surface area contributed by atoms with Gasteiger partial charge in [-0.2, -0.15) is 10.2 Å². The molecule has 0 unspecified atom stereocenters. The fourth-order valence-electron chi connectivity index (χ4n) is 1.51. The van der Waals surface area contributed by atoms with E-state index in [0.29, 0.717) is 29.2 Å². The second kappa shape index (κ2) is 5.13. The summed E-state index contributed by atoms with van der Waals surface area (Å²) in [6.07, 6.45) is 1.57. The predicted octanol–water partition coefficient (Wildman–Crippen LogP) is 0.571. The van der Waals surface area contributed by atoms with E-state index in [9.17, 15) is 4.79 Å². The Labute approximate surface area is 104 Å². The van der Waals surface area contributed by atoms with Crippen molar-refractivity contribution in [3.05, 3.63) is 47.8 Å². The average molecular weight is 243 g/mol. The molecule has 0 bridgehead atoms. The lowest BCUT2D eigenvalue weighted by Crippen LogP contribution is -2.23. The van der Waals surface area contributed by atoms with Crippen LogP contribution in [0, 0.1) is 0 Å². The van der Waals surface area contributed by atoms with Crippen molar-refractivity contribution >= 4 is 17.3 Å². The topological polar surface area (TPSA) is 107 Å². The van der Waals surface area contributed by atoms with Crippen LogP contribution in [0.4, 0.5) is 11.4 Å². The van der Waals surface area contributed by atoms with Crippen LogP contribution in [0.1, 0.15) is 16.1 Å². The van der Waals surface area contributed by atoms with E-state index in [1.165, 1.54) is 0 Å². The van der Waals surface area contributed by atoms with Gasteiger partial charge in [0.15, 0.2) is 0 Å². The maximum atomic E-state index is 11.9. The highest BCUT2D eigenvalue weighted by molar-refractivity contribution is 5.96. The van der Waals surface area contributed by atoms with Crippen molar-refractivity contribution < 1.29 is 4.79 Å². The minimum atomic E-state index is -0.250. The molecule has 5 N–H and O–H groups in total. The van der Waals surface area contributed by atoms with Gasteiger partial charge in [0.2, 0.25) is 0 Å². The number of anilines is 2. The lowest BCUT2D eigenvalue weighted by molar-refractivity contribution is 0.0950. The number of nitrogens with two attached hydrogens (primary N) is 2. The van der Waals surface area contributed by atoms with E-state index in [-0.39, 0.29) is 5.91 Å². The predicted molar refractivity (Wildman–Crippen MR) is 68.5 cm³/mol. The van der Waals surface area contributed by atoms with Gasteiger partial charge in [-0.1, -0.05) is 0 Å². The molecule has 0 saturated heterocycles. The van der Waals surface area contributed by atoms with Crippen molar-refractivity contribution in [2.75, 3.05) is 11.5 Å². The van der Waals surface area contributed by atoms with Crippen molar-refractivity contribution in [3.8, 4) is 0 Å². The molecule has 2 rings (SSSR count). The number of nitrogens with one attached hydrogen (secondary N) is 1. The highest BCUT2D eigenvalue weighted by atomic mass is 16.1. The van der Waals surface area contributed by atoms with E-state index in [2.05, 4.69) is 15.5 Å². The Balaban J connectivity index is 2.04. The number of benzene rings is 1. The van der Waals surface area contributed by atoms with Crippen LogP contribution in [0.2, 0.25) is 0 Å². The van der Waals surface area contributed by atoms with Crippen molar-refractivity contribution in [2.24, 2.45) is 0 Å². The standard InChI is InChI=1S/C12H13N5O/c13-9-4-8(5-10(14)6-9)12(18)15-7-11-2-1-3-16-17-11/h1-6H,7,13-14H2,(H,15,18). The van der Waals surface area contributed by atoms with Gasteiger partial charge in [-0.15, -0.1) is 0 Å². The Bertz CT molecular complexity index is 535. The number of hydrogen-bond donors (Lipinski definition) is 3. The van der Waals surface area contributed by atoms with Gasteiger partial charge in [-0.05, 0) is 30.3 Å². The van der Waals surface area contributed by atoms with Gasteiger partial charge in [-0.3, -0.25) is 4.79 Å². The maximum absolute atomic E-state index is 11.9. The summed E-state index contributed by atoms with van der Waals surface area (Å²) < 4.78 is 0. The average Bonchev–Trinajstić information content (AvgIpc) is 2.36. The number of carbonyl (C=O) groups excluding carboxylic acids is 1. The Morgan fingerprint density at radius 3 is 2.56 bits per heavy atom. The van der Waals surface area contributed by atoms with Gasteiger partial charge < -0.3 is 16.8 Å². The molecule has 0 fully saturated rings. The van der Waals surface area contributed by atoms with E-state index in [4.69, 9.17) is 11.5 Å². The summed E-state index contributed by atoms with van der Waals surface area (Å²) in [5, 5.41) is 10.3. The molecule has 0 saturated carbocycles. The van der Waals surface area contributed by atoms with E-state index in [0.717, 1.165) is 0 Å². The molecule has 0 atom stereocenters. The van der Waals surface area contributed by atoms with Crippen LogP contribution in [-0.4, -0.2) is 16.1 Å². The molecule has 0 spiro atoms. The first-order valence-electron chi connectivity index (χ1n) is 5.36. The number of nitrogen functional groups attached to an aromatic ring is 2. The van der Waals surface area contributed by atoms with E-state index in [1.54, 1.807) is 36.5 Å². The number of amides is 1. The molecule has 0 aliphatic carbocycles. The van der Waals surface area contributed by atoms with Gasteiger partial charge >= 0.3 is 0 Å². The van der Waals surface area contributed by atoms with Crippen LogP contribution in [0.5, 0.6) is 0 Å². The van der Waals surface area contributed by atoms with Gasteiger partial charge in [0.1, 0.15) is 0 Å². The first-order chi connectivity index (χ1) is 8.65. The molecule has 1 amide bonds. The third-order valence-electron chi connectivity index (χ3n) is 2.30. The second-order valence-electron chi connectivity index (χ2n) is 3.79. The summed E-state index contributed by atoms with van der Waals surface area (Å²) >= 11 is 0. The number of rotatable bonds is 3. The molecule has 18 heavy (non-hydrogen) atoms. The molecular formula is C12H13N5O. The lowest BCUT2D eigenvalue weighted by Gasteiger charge is -2.06. The Kier molecular flexibility index (Phi) is 3.38. The molecule has 1 aromatic heterocycles. The van der Waals surface area contributed by atoms with Crippen molar-refractivity contribution in [3.63, 3.8) is 0 Å². The summed E-state index contributed by atoms with van der Waals surface area (Å²) in [7, 11) is 0. The molecule has 1 aromatic carbocycles. The quantitative estimate of drug-likeness (QED) is 0.683. The minimum absolute atomic E-state index is 0.250. The van der Waals surface area contributed by atoms with Crippen molar-refractivity contribution in [1.29, 1.82) is 0 Å². The van der Waals surface area contributed by atoms with Gasteiger partial charge in [0.25, 0.3) is 5.91 Å². The summed E-state index contributed by atoms with van der Waals surface area (Å²) in [6.45, 7) is 0.307. The van der Waals surface area contributed by atoms with Crippen LogP contribution < -0.4 is 16.8 Å². The van der Waals surface area contributed by atoms with Crippen LogP contribution in [-0.2, 0) is 6.54 Å². The molecule has 92 valence electrons. The first-order valence-corrected chi connectivity index (χ1v) is 5.36. The summed E-state index contributed by atoms with van der Waals surface area (Å²) in [5.74, 6) is -0.250. The molecular weight excluding hydrogens is 230 g/mol. The first kappa shape index (κ1) is 11.8. The lowest BCUT2D eigenvalue weighted by atomic mass is 10.1. The number of aromatic nitrogens is 2. The molecule has 1 heterocycles. The Morgan fingerprint density at radius 1 is 1.22 bits per heavy atom. The fourth-order valence-corrected chi connectivity index (χ4v) is 1.51. The van der Waals surface area contributed by atoms with Crippen LogP contribution >= 0.6 is 0 Å². The third-order valence-corrected chi connectivity index (χ3v) is 2.30.